The lowest BCUT2D eigenvalue weighted by molar-refractivity contribution is 0.869. The zero-order valence-electron chi connectivity index (χ0n) is 5.82. The van der Waals surface area contributed by atoms with E-state index in [0.717, 1.165) is 11.5 Å². The van der Waals surface area contributed by atoms with Crippen molar-refractivity contribution in [2.24, 2.45) is 0 Å². The van der Waals surface area contributed by atoms with Gasteiger partial charge in [0, 0.05) is 12.3 Å². The van der Waals surface area contributed by atoms with Gasteiger partial charge in [-0.25, -0.2) is 9.97 Å². The van der Waals surface area contributed by atoms with Crippen LogP contribution in [0.4, 0.5) is 0 Å². The van der Waals surface area contributed by atoms with E-state index in [9.17, 15) is 0 Å². The standard InChI is InChI=1S/C6H5BrN4/c1-4-9-5-2-3-8-6(7)11(5)10-4/h2-3H,1H3. The van der Waals surface area contributed by atoms with Crippen LogP contribution in [0.5, 0.6) is 0 Å². The molecule has 0 unspecified atom stereocenters. The van der Waals surface area contributed by atoms with Gasteiger partial charge in [0.1, 0.15) is 5.82 Å². The van der Waals surface area contributed by atoms with Crippen molar-refractivity contribution in [1.29, 1.82) is 0 Å². The fourth-order valence-corrected chi connectivity index (χ4v) is 1.27. The van der Waals surface area contributed by atoms with Crippen LogP contribution in [0.15, 0.2) is 17.0 Å². The number of nitrogens with zero attached hydrogens (tertiary/aromatic N) is 4. The molecular formula is C6H5BrN4. The summed E-state index contributed by atoms with van der Waals surface area (Å²) in [5.41, 5.74) is 0.810. The highest BCUT2D eigenvalue weighted by Crippen LogP contribution is 2.07. The largest absolute Gasteiger partial charge is 0.231 e. The highest BCUT2D eigenvalue weighted by molar-refractivity contribution is 9.10. The van der Waals surface area contributed by atoms with Gasteiger partial charge < -0.3 is 0 Å². The van der Waals surface area contributed by atoms with Crippen LogP contribution in [-0.4, -0.2) is 19.6 Å². The summed E-state index contributed by atoms with van der Waals surface area (Å²) in [7, 11) is 0. The van der Waals surface area contributed by atoms with E-state index in [2.05, 4.69) is 31.0 Å². The van der Waals surface area contributed by atoms with Crippen LogP contribution >= 0.6 is 15.9 Å². The molecule has 4 nitrogen and oxygen atoms in total. The van der Waals surface area contributed by atoms with Crippen LogP contribution in [0.2, 0.25) is 0 Å². The average Bonchev–Trinajstić information content (AvgIpc) is 2.31. The first-order chi connectivity index (χ1) is 5.27. The topological polar surface area (TPSA) is 43.1 Å². The number of hydrogen-bond acceptors (Lipinski definition) is 3. The van der Waals surface area contributed by atoms with Crippen LogP contribution < -0.4 is 0 Å². The minimum Gasteiger partial charge on any atom is -0.231 e. The van der Waals surface area contributed by atoms with E-state index < -0.39 is 0 Å². The van der Waals surface area contributed by atoms with Gasteiger partial charge in [-0.2, -0.15) is 4.52 Å². The molecule has 0 amide bonds. The average molecular weight is 213 g/mol. The summed E-state index contributed by atoms with van der Waals surface area (Å²) in [5.74, 6) is 0.749. The molecule has 0 aliphatic rings. The highest BCUT2D eigenvalue weighted by atomic mass is 79.9. The van der Waals surface area contributed by atoms with Gasteiger partial charge in [-0.1, -0.05) is 0 Å². The Morgan fingerprint density at radius 3 is 3.09 bits per heavy atom. The third kappa shape index (κ3) is 1.01. The van der Waals surface area contributed by atoms with E-state index in [1.54, 1.807) is 10.7 Å². The summed E-state index contributed by atoms with van der Waals surface area (Å²) < 4.78 is 2.32. The Morgan fingerprint density at radius 2 is 2.36 bits per heavy atom. The maximum atomic E-state index is 4.16. The molecule has 0 saturated carbocycles. The van der Waals surface area contributed by atoms with Gasteiger partial charge in [0.25, 0.3) is 0 Å². The molecule has 2 aromatic rings. The maximum Gasteiger partial charge on any atom is 0.199 e. The Hall–Kier alpha value is -0.970. The van der Waals surface area contributed by atoms with Crippen molar-refractivity contribution in [1.82, 2.24) is 19.6 Å². The van der Waals surface area contributed by atoms with E-state index in [4.69, 9.17) is 0 Å². The van der Waals surface area contributed by atoms with Crippen LogP contribution in [0, 0.1) is 6.92 Å². The summed E-state index contributed by atoms with van der Waals surface area (Å²) in [6, 6.07) is 1.81. The fourth-order valence-electron chi connectivity index (χ4n) is 0.895. The van der Waals surface area contributed by atoms with Crippen molar-refractivity contribution in [2.45, 2.75) is 6.92 Å². The number of halogens is 1. The monoisotopic (exact) mass is 212 g/mol. The summed E-state index contributed by atoms with van der Waals surface area (Å²) in [6.45, 7) is 1.85. The lowest BCUT2D eigenvalue weighted by Gasteiger charge is -1.90. The second kappa shape index (κ2) is 2.27. The van der Waals surface area contributed by atoms with Gasteiger partial charge in [-0.3, -0.25) is 0 Å². The molecule has 0 saturated heterocycles. The molecule has 0 spiro atoms. The quantitative estimate of drug-likeness (QED) is 0.617. The molecule has 0 aliphatic carbocycles. The Bertz CT molecular complexity index is 394. The minimum absolute atomic E-state index is 0.676. The van der Waals surface area contributed by atoms with Gasteiger partial charge >= 0.3 is 0 Å². The molecule has 0 fully saturated rings. The van der Waals surface area contributed by atoms with Gasteiger partial charge in [-0.05, 0) is 22.9 Å². The molecule has 56 valence electrons. The van der Waals surface area contributed by atoms with Crippen LogP contribution in [-0.2, 0) is 0 Å². The molecular weight excluding hydrogens is 208 g/mol. The van der Waals surface area contributed by atoms with E-state index >= 15 is 0 Å². The number of fused-ring (bicyclic) bond motifs is 1. The normalized spacial score (nSPS) is 10.7. The molecule has 5 heteroatoms. The molecule has 2 heterocycles. The smallest absolute Gasteiger partial charge is 0.199 e. The summed E-state index contributed by atoms with van der Waals surface area (Å²) in [6.07, 6.45) is 1.69. The van der Waals surface area contributed by atoms with E-state index in [0.29, 0.717) is 4.73 Å². The predicted octanol–water partition coefficient (Wildman–Crippen LogP) is 1.20. The first-order valence-corrected chi connectivity index (χ1v) is 3.90. The third-order valence-corrected chi connectivity index (χ3v) is 1.86. The Kier molecular flexibility index (Phi) is 1.38. The minimum atomic E-state index is 0.676. The SMILES string of the molecule is Cc1nc2ccnc(Br)n2n1. The molecule has 0 bridgehead atoms. The molecule has 11 heavy (non-hydrogen) atoms. The van der Waals surface area contributed by atoms with Crippen LogP contribution in [0.3, 0.4) is 0 Å². The Labute approximate surface area is 71.4 Å². The van der Waals surface area contributed by atoms with Crippen molar-refractivity contribution >= 4 is 21.6 Å². The summed E-state index contributed by atoms with van der Waals surface area (Å²) >= 11 is 3.26. The number of aromatic nitrogens is 4. The van der Waals surface area contributed by atoms with Crippen molar-refractivity contribution < 1.29 is 0 Å². The lowest BCUT2D eigenvalue weighted by atomic mass is 10.6. The number of rotatable bonds is 0. The first-order valence-electron chi connectivity index (χ1n) is 3.11. The molecule has 0 N–H and O–H groups in total. The maximum absolute atomic E-state index is 4.16. The van der Waals surface area contributed by atoms with Gasteiger partial charge in [0.05, 0.1) is 0 Å². The van der Waals surface area contributed by atoms with Gasteiger partial charge in [0.15, 0.2) is 10.4 Å². The Balaban J connectivity index is 2.90. The van der Waals surface area contributed by atoms with E-state index in [-0.39, 0.29) is 0 Å². The second-order valence-electron chi connectivity index (χ2n) is 2.14. The van der Waals surface area contributed by atoms with Crippen LogP contribution in [0.25, 0.3) is 5.65 Å². The van der Waals surface area contributed by atoms with Crippen molar-refractivity contribution in [3.63, 3.8) is 0 Å². The molecule has 0 atom stereocenters. The molecule has 2 aromatic heterocycles. The van der Waals surface area contributed by atoms with Gasteiger partial charge in [0.2, 0.25) is 0 Å². The van der Waals surface area contributed by atoms with E-state index in [1.807, 2.05) is 13.0 Å². The van der Waals surface area contributed by atoms with Crippen molar-refractivity contribution in [2.75, 3.05) is 0 Å². The van der Waals surface area contributed by atoms with Crippen LogP contribution in [0.1, 0.15) is 5.82 Å². The zero-order valence-corrected chi connectivity index (χ0v) is 7.41. The molecule has 0 radical (unpaired) electrons. The molecule has 0 aromatic carbocycles. The second-order valence-corrected chi connectivity index (χ2v) is 2.85. The molecule has 0 aliphatic heterocycles. The Morgan fingerprint density at radius 1 is 1.55 bits per heavy atom. The van der Waals surface area contributed by atoms with Gasteiger partial charge in [-0.15, -0.1) is 5.10 Å². The third-order valence-electron chi connectivity index (χ3n) is 1.32. The first kappa shape index (κ1) is 6.72. The predicted molar refractivity (Wildman–Crippen MR) is 43.2 cm³/mol. The van der Waals surface area contributed by atoms with E-state index in [1.165, 1.54) is 0 Å². The summed E-state index contributed by atoms with van der Waals surface area (Å²) in [4.78, 5) is 8.15. The fraction of sp³-hybridized carbons (Fsp3) is 0.167. The lowest BCUT2D eigenvalue weighted by Crippen LogP contribution is -1.91. The summed E-state index contributed by atoms with van der Waals surface area (Å²) in [5, 5.41) is 4.11. The number of aryl methyl sites for hydroxylation is 1. The highest BCUT2D eigenvalue weighted by Gasteiger charge is 2.00. The number of hydrogen-bond donors (Lipinski definition) is 0. The molecule has 2 rings (SSSR count). The van der Waals surface area contributed by atoms with Crippen molar-refractivity contribution in [3.05, 3.63) is 22.8 Å². The van der Waals surface area contributed by atoms with Crippen molar-refractivity contribution in [3.8, 4) is 0 Å². The zero-order chi connectivity index (χ0) is 7.84.